The molecule has 1 amide bonds. The molecule has 3 heterocycles. The van der Waals surface area contributed by atoms with Crippen molar-refractivity contribution in [2.24, 2.45) is 12.5 Å². The van der Waals surface area contributed by atoms with Gasteiger partial charge >= 0.3 is 0 Å². The van der Waals surface area contributed by atoms with Gasteiger partial charge in [-0.25, -0.2) is 0 Å². The van der Waals surface area contributed by atoms with E-state index in [0.29, 0.717) is 11.9 Å². The van der Waals surface area contributed by atoms with Crippen molar-refractivity contribution in [1.29, 1.82) is 0 Å². The number of hydrogen-bond donors (Lipinski definition) is 0. The zero-order valence-electron chi connectivity index (χ0n) is 13.6. The monoisotopic (exact) mass is 290 g/mol. The predicted molar refractivity (Wildman–Crippen MR) is 81.7 cm³/mol. The molecule has 0 bridgehead atoms. The first-order valence-corrected chi connectivity index (χ1v) is 7.94. The molecule has 0 saturated carbocycles. The van der Waals surface area contributed by atoms with E-state index in [4.69, 9.17) is 0 Å². The second kappa shape index (κ2) is 5.13. The molecular formula is C16H26N4O. The molecule has 2 aliphatic heterocycles. The van der Waals surface area contributed by atoms with Crippen molar-refractivity contribution < 1.29 is 4.79 Å². The van der Waals surface area contributed by atoms with E-state index in [-0.39, 0.29) is 5.41 Å². The van der Waals surface area contributed by atoms with Crippen LogP contribution in [0.2, 0.25) is 0 Å². The average Bonchev–Trinajstić information content (AvgIpc) is 2.74. The molecule has 0 unspecified atom stereocenters. The lowest BCUT2D eigenvalue weighted by atomic mass is 9.71. The van der Waals surface area contributed by atoms with Crippen LogP contribution in [0.5, 0.6) is 0 Å². The normalized spacial score (nSPS) is 26.7. The fraction of sp³-hybridized carbons (Fsp3) is 0.750. The minimum atomic E-state index is -0.101. The molecule has 1 atom stereocenters. The Morgan fingerprint density at radius 1 is 1.38 bits per heavy atom. The zero-order valence-corrected chi connectivity index (χ0v) is 13.6. The van der Waals surface area contributed by atoms with Crippen LogP contribution in [0.3, 0.4) is 0 Å². The third kappa shape index (κ3) is 2.48. The Morgan fingerprint density at radius 2 is 2.14 bits per heavy atom. The van der Waals surface area contributed by atoms with Crippen LogP contribution in [0.4, 0.5) is 0 Å². The summed E-state index contributed by atoms with van der Waals surface area (Å²) in [6.45, 7) is 10.0. The summed E-state index contributed by atoms with van der Waals surface area (Å²) in [6.07, 6.45) is 2.17. The number of amides is 1. The summed E-state index contributed by atoms with van der Waals surface area (Å²) in [4.78, 5) is 17.0. The van der Waals surface area contributed by atoms with Gasteiger partial charge in [-0.05, 0) is 46.2 Å². The third-order valence-electron chi connectivity index (χ3n) is 4.95. The summed E-state index contributed by atoms with van der Waals surface area (Å²) in [5.41, 5.74) is 2.19. The zero-order chi connectivity index (χ0) is 15.2. The number of carbonyl (C=O) groups excluding carboxylic acids is 1. The lowest BCUT2D eigenvalue weighted by molar-refractivity contribution is -0.169. The number of aryl methyl sites for hydroxylation is 2. The molecule has 2 aliphatic rings. The molecule has 2 fully saturated rings. The summed E-state index contributed by atoms with van der Waals surface area (Å²) >= 11 is 0. The van der Waals surface area contributed by atoms with Crippen molar-refractivity contribution in [3.05, 3.63) is 17.5 Å². The first-order chi connectivity index (χ1) is 9.91. The van der Waals surface area contributed by atoms with Crippen LogP contribution in [-0.2, 0) is 18.4 Å². The van der Waals surface area contributed by atoms with Crippen LogP contribution in [0.25, 0.3) is 0 Å². The van der Waals surface area contributed by atoms with Crippen molar-refractivity contribution in [3.8, 4) is 0 Å². The number of carbonyl (C=O) groups is 1. The highest BCUT2D eigenvalue weighted by Crippen LogP contribution is 2.41. The molecule has 1 spiro atoms. The van der Waals surface area contributed by atoms with Gasteiger partial charge in [0.2, 0.25) is 5.91 Å². The highest BCUT2D eigenvalue weighted by Gasteiger charge is 2.54. The standard InChI is InChI=1S/C16H26N4O/c1-12(2)20-11-16(15(20)21)6-5-7-19(10-16)9-14-8-13(3)17-18(14)4/h8,12H,5-7,9-11H2,1-4H3/t16-/m0/s1. The van der Waals surface area contributed by atoms with Crippen LogP contribution in [-0.4, -0.2) is 51.2 Å². The largest absolute Gasteiger partial charge is 0.339 e. The topological polar surface area (TPSA) is 41.4 Å². The second-order valence-corrected chi connectivity index (χ2v) is 7.02. The highest BCUT2D eigenvalue weighted by molar-refractivity contribution is 5.89. The van der Waals surface area contributed by atoms with Crippen LogP contribution < -0.4 is 0 Å². The molecule has 0 aromatic carbocycles. The van der Waals surface area contributed by atoms with Crippen molar-refractivity contribution in [3.63, 3.8) is 0 Å². The lowest BCUT2D eigenvalue weighted by Crippen LogP contribution is -2.68. The highest BCUT2D eigenvalue weighted by atomic mass is 16.2. The maximum atomic E-state index is 12.5. The molecule has 0 N–H and O–H groups in total. The molecule has 21 heavy (non-hydrogen) atoms. The number of β-lactam (4-membered cyclic amide) rings is 1. The van der Waals surface area contributed by atoms with Crippen molar-refractivity contribution >= 4 is 5.91 Å². The molecule has 116 valence electrons. The van der Waals surface area contributed by atoms with Gasteiger partial charge in [-0.15, -0.1) is 0 Å². The molecular weight excluding hydrogens is 264 g/mol. The second-order valence-electron chi connectivity index (χ2n) is 7.02. The Balaban J connectivity index is 1.67. The van der Waals surface area contributed by atoms with Crippen molar-refractivity contribution in [2.75, 3.05) is 19.6 Å². The number of likely N-dealkylation sites (tertiary alicyclic amines) is 2. The number of rotatable bonds is 3. The fourth-order valence-electron chi connectivity index (χ4n) is 3.80. The summed E-state index contributed by atoms with van der Waals surface area (Å²) in [5, 5.41) is 4.41. The molecule has 0 aliphatic carbocycles. The van der Waals surface area contributed by atoms with Crippen molar-refractivity contribution in [1.82, 2.24) is 19.6 Å². The number of nitrogens with zero attached hydrogens (tertiary/aromatic N) is 4. The average molecular weight is 290 g/mol. The molecule has 2 saturated heterocycles. The van der Waals surface area contributed by atoms with Gasteiger partial charge < -0.3 is 4.90 Å². The Hall–Kier alpha value is -1.36. The van der Waals surface area contributed by atoms with Gasteiger partial charge in [0.05, 0.1) is 16.8 Å². The van der Waals surface area contributed by atoms with Gasteiger partial charge in [0.25, 0.3) is 0 Å². The molecule has 1 aromatic rings. The molecule has 5 heteroatoms. The Morgan fingerprint density at radius 3 is 2.71 bits per heavy atom. The van der Waals surface area contributed by atoms with E-state index in [1.54, 1.807) is 0 Å². The summed E-state index contributed by atoms with van der Waals surface area (Å²) < 4.78 is 1.96. The minimum absolute atomic E-state index is 0.101. The van der Waals surface area contributed by atoms with Crippen molar-refractivity contribution in [2.45, 2.75) is 46.2 Å². The van der Waals surface area contributed by atoms with E-state index >= 15 is 0 Å². The first kappa shape index (κ1) is 14.6. The SMILES string of the molecule is Cc1cc(CN2CCC[C@]3(C2)CN(C(C)C)C3=O)n(C)n1. The van der Waals surface area contributed by atoms with Crippen LogP contribution >= 0.6 is 0 Å². The van der Waals surface area contributed by atoms with Gasteiger partial charge in [-0.1, -0.05) is 0 Å². The molecule has 0 radical (unpaired) electrons. The molecule has 5 nitrogen and oxygen atoms in total. The maximum Gasteiger partial charge on any atom is 0.232 e. The molecule has 1 aromatic heterocycles. The molecule has 3 rings (SSSR count). The van der Waals surface area contributed by atoms with Gasteiger partial charge in [-0.3, -0.25) is 14.4 Å². The van der Waals surface area contributed by atoms with Gasteiger partial charge in [-0.2, -0.15) is 5.10 Å². The Labute approximate surface area is 126 Å². The third-order valence-corrected chi connectivity index (χ3v) is 4.95. The first-order valence-electron chi connectivity index (χ1n) is 7.94. The lowest BCUT2D eigenvalue weighted by Gasteiger charge is -2.54. The van der Waals surface area contributed by atoms with E-state index in [1.807, 2.05) is 23.6 Å². The van der Waals surface area contributed by atoms with Crippen LogP contribution in [0.15, 0.2) is 6.07 Å². The van der Waals surface area contributed by atoms with Crippen LogP contribution in [0.1, 0.15) is 38.1 Å². The van der Waals surface area contributed by atoms with E-state index in [9.17, 15) is 4.79 Å². The summed E-state index contributed by atoms with van der Waals surface area (Å²) in [5.74, 6) is 0.364. The quantitative estimate of drug-likeness (QED) is 0.793. The van der Waals surface area contributed by atoms with E-state index in [2.05, 4.69) is 29.9 Å². The summed E-state index contributed by atoms with van der Waals surface area (Å²) in [7, 11) is 2.00. The van der Waals surface area contributed by atoms with Gasteiger partial charge in [0.1, 0.15) is 0 Å². The maximum absolute atomic E-state index is 12.5. The van der Waals surface area contributed by atoms with E-state index in [0.717, 1.165) is 44.7 Å². The van der Waals surface area contributed by atoms with Crippen LogP contribution in [0, 0.1) is 12.3 Å². The summed E-state index contributed by atoms with van der Waals surface area (Å²) in [6, 6.07) is 2.47. The van der Waals surface area contributed by atoms with Gasteiger partial charge in [0.15, 0.2) is 0 Å². The number of hydrogen-bond acceptors (Lipinski definition) is 3. The fourth-order valence-corrected chi connectivity index (χ4v) is 3.80. The predicted octanol–water partition coefficient (Wildman–Crippen LogP) is 1.56. The van der Waals surface area contributed by atoms with E-state index < -0.39 is 0 Å². The van der Waals surface area contributed by atoms with E-state index in [1.165, 1.54) is 5.69 Å². The smallest absolute Gasteiger partial charge is 0.232 e. The minimum Gasteiger partial charge on any atom is -0.339 e. The Kier molecular flexibility index (Phi) is 3.56. The van der Waals surface area contributed by atoms with Gasteiger partial charge in [0, 0.05) is 32.7 Å². The number of aromatic nitrogens is 2. The number of piperidine rings is 1. The Bertz CT molecular complexity index is 550.